The maximum Gasteiger partial charge on any atom is 0.278 e. The summed E-state index contributed by atoms with van der Waals surface area (Å²) in [6, 6.07) is 0.996. The molecule has 0 aromatic heterocycles. The molecule has 1 atom stereocenters. The molecular formula is C15H24ClN3O5. The number of rotatable bonds is 9. The molecule has 8 nitrogen and oxygen atoms in total. The van der Waals surface area contributed by atoms with Crippen molar-refractivity contribution in [3.8, 4) is 5.75 Å². The molecule has 9 heteroatoms. The summed E-state index contributed by atoms with van der Waals surface area (Å²) in [4.78, 5) is 12.2. The third-order valence-corrected chi connectivity index (χ3v) is 4.41. The van der Waals surface area contributed by atoms with Crippen LogP contribution in [0.15, 0.2) is 6.07 Å². The predicted octanol–water partition coefficient (Wildman–Crippen LogP) is 1.76. The second-order valence-electron chi connectivity index (χ2n) is 5.44. The average molecular weight is 362 g/mol. The van der Waals surface area contributed by atoms with E-state index in [0.29, 0.717) is 13.0 Å². The lowest BCUT2D eigenvalue weighted by Crippen LogP contribution is -2.52. The molecule has 0 heterocycles. The average Bonchev–Trinajstić information content (AvgIpc) is 2.57. The van der Waals surface area contributed by atoms with E-state index < -0.39 is 23.0 Å². The lowest BCUT2D eigenvalue weighted by Gasteiger charge is -2.40. The van der Waals surface area contributed by atoms with Crippen LogP contribution >= 0.6 is 11.6 Å². The molecule has 0 aliphatic heterocycles. The summed E-state index contributed by atoms with van der Waals surface area (Å²) in [5.74, 6) is -0.454. The van der Waals surface area contributed by atoms with Crippen molar-refractivity contribution in [2.75, 3.05) is 24.6 Å². The van der Waals surface area contributed by atoms with Crippen LogP contribution < -0.4 is 10.6 Å². The van der Waals surface area contributed by atoms with Gasteiger partial charge >= 0.3 is 0 Å². The van der Waals surface area contributed by atoms with Gasteiger partial charge < -0.3 is 26.0 Å². The lowest BCUT2D eigenvalue weighted by molar-refractivity contribution is -0.385. The van der Waals surface area contributed by atoms with Crippen molar-refractivity contribution in [2.24, 2.45) is 5.73 Å². The Balaban J connectivity index is 3.71. The number of phenolic OH excluding ortho intramolecular Hbond substituents is 1. The number of nitrogens with two attached hydrogens (primary N) is 1. The second-order valence-corrected chi connectivity index (χ2v) is 5.82. The number of nitro benzene ring substituents is 1. The predicted molar refractivity (Wildman–Crippen MR) is 92.5 cm³/mol. The zero-order valence-electron chi connectivity index (χ0n) is 13.8. The van der Waals surface area contributed by atoms with Gasteiger partial charge in [-0.05, 0) is 32.7 Å². The van der Waals surface area contributed by atoms with Gasteiger partial charge in [-0.2, -0.15) is 0 Å². The van der Waals surface area contributed by atoms with Gasteiger partial charge in [0, 0.05) is 6.54 Å². The van der Waals surface area contributed by atoms with Gasteiger partial charge in [0.25, 0.3) is 5.69 Å². The Bertz CT molecular complexity index is 593. The third kappa shape index (κ3) is 3.89. The highest BCUT2D eigenvalue weighted by Gasteiger charge is 2.36. The highest BCUT2D eigenvalue weighted by molar-refractivity contribution is 6.35. The minimum atomic E-state index is -1.66. The molecule has 0 radical (unpaired) electrons. The standard InChI is InChI=1S/C15H24ClN3O5/c1-3-15(22,9-20)18(4-2)14-10(6-5-7-17)11(19(23)24)8-12(21)13(14)16/h8,20-22H,3-7,9,17H2,1-2H3. The zero-order valence-corrected chi connectivity index (χ0v) is 14.6. The normalized spacial score (nSPS) is 13.6. The Morgan fingerprint density at radius 2 is 2.08 bits per heavy atom. The Kier molecular flexibility index (Phi) is 7.22. The van der Waals surface area contributed by atoms with Crippen LogP contribution in [0, 0.1) is 10.1 Å². The summed E-state index contributed by atoms with van der Waals surface area (Å²) in [5, 5.41) is 41.6. The summed E-state index contributed by atoms with van der Waals surface area (Å²) in [6.07, 6.45) is 0.882. The van der Waals surface area contributed by atoms with Crippen molar-refractivity contribution in [2.45, 2.75) is 38.8 Å². The Morgan fingerprint density at radius 1 is 1.46 bits per heavy atom. The molecule has 0 fully saturated rings. The summed E-state index contributed by atoms with van der Waals surface area (Å²) in [6.45, 7) is 3.34. The maximum atomic E-state index is 11.4. The van der Waals surface area contributed by atoms with Crippen molar-refractivity contribution in [3.63, 3.8) is 0 Å². The van der Waals surface area contributed by atoms with E-state index in [1.54, 1.807) is 13.8 Å². The van der Waals surface area contributed by atoms with Gasteiger partial charge in [0.05, 0.1) is 28.8 Å². The number of nitrogens with zero attached hydrogens (tertiary/aromatic N) is 2. The first-order valence-electron chi connectivity index (χ1n) is 7.77. The quantitative estimate of drug-likeness (QED) is 0.299. The van der Waals surface area contributed by atoms with Crippen molar-refractivity contribution >= 4 is 23.0 Å². The number of aliphatic hydroxyl groups is 2. The zero-order chi connectivity index (χ0) is 18.5. The van der Waals surface area contributed by atoms with Gasteiger partial charge in [0.15, 0.2) is 5.72 Å². The SMILES string of the molecule is CCN(c1c(Cl)c(O)cc([N+](=O)[O-])c1CCCN)C(O)(CC)CO. The van der Waals surface area contributed by atoms with E-state index in [1.165, 1.54) is 4.90 Å². The van der Waals surface area contributed by atoms with Crippen LogP contribution in [0.5, 0.6) is 5.75 Å². The number of hydrogen-bond acceptors (Lipinski definition) is 7. The first-order valence-corrected chi connectivity index (χ1v) is 8.14. The number of nitro groups is 1. The number of aromatic hydroxyl groups is 1. The van der Waals surface area contributed by atoms with E-state index in [2.05, 4.69) is 0 Å². The Labute approximate surface area is 145 Å². The number of likely N-dealkylation sites (N-methyl/N-ethyl adjacent to an activating group) is 1. The Hall–Kier alpha value is -1.61. The van der Waals surface area contributed by atoms with Crippen LogP contribution in [-0.2, 0) is 6.42 Å². The molecular weight excluding hydrogens is 338 g/mol. The van der Waals surface area contributed by atoms with E-state index in [0.717, 1.165) is 6.07 Å². The van der Waals surface area contributed by atoms with Gasteiger partial charge in [0.2, 0.25) is 0 Å². The molecule has 0 aliphatic carbocycles. The van der Waals surface area contributed by atoms with E-state index >= 15 is 0 Å². The van der Waals surface area contributed by atoms with Crippen LogP contribution in [0.2, 0.25) is 5.02 Å². The third-order valence-electron chi connectivity index (χ3n) is 4.04. The van der Waals surface area contributed by atoms with E-state index in [1.807, 2.05) is 0 Å². The highest BCUT2D eigenvalue weighted by atomic mass is 35.5. The monoisotopic (exact) mass is 361 g/mol. The molecule has 136 valence electrons. The van der Waals surface area contributed by atoms with Gasteiger partial charge in [-0.3, -0.25) is 10.1 Å². The minimum absolute atomic E-state index is 0.102. The summed E-state index contributed by atoms with van der Waals surface area (Å²) < 4.78 is 0. The first kappa shape index (κ1) is 20.4. The molecule has 0 bridgehead atoms. The van der Waals surface area contributed by atoms with Gasteiger partial charge in [-0.25, -0.2) is 0 Å². The fourth-order valence-corrected chi connectivity index (χ4v) is 2.94. The van der Waals surface area contributed by atoms with Crippen molar-refractivity contribution in [3.05, 3.63) is 26.8 Å². The summed E-state index contributed by atoms with van der Waals surface area (Å²) >= 11 is 6.21. The molecule has 5 N–H and O–H groups in total. The fourth-order valence-electron chi connectivity index (χ4n) is 2.67. The molecule has 1 aromatic rings. The Morgan fingerprint density at radius 3 is 2.50 bits per heavy atom. The number of halogens is 1. The molecule has 1 aromatic carbocycles. The van der Waals surface area contributed by atoms with Crippen LogP contribution in [0.1, 0.15) is 32.3 Å². The molecule has 0 spiro atoms. The number of phenols is 1. The number of benzene rings is 1. The fraction of sp³-hybridized carbons (Fsp3) is 0.600. The van der Waals surface area contributed by atoms with Crippen LogP contribution in [0.3, 0.4) is 0 Å². The molecule has 24 heavy (non-hydrogen) atoms. The van der Waals surface area contributed by atoms with E-state index in [4.69, 9.17) is 17.3 Å². The van der Waals surface area contributed by atoms with E-state index in [9.17, 15) is 25.4 Å². The van der Waals surface area contributed by atoms with Crippen LogP contribution in [0.4, 0.5) is 11.4 Å². The van der Waals surface area contributed by atoms with Gasteiger partial charge in [-0.1, -0.05) is 18.5 Å². The summed E-state index contributed by atoms with van der Waals surface area (Å²) in [7, 11) is 0. The van der Waals surface area contributed by atoms with Crippen molar-refractivity contribution in [1.29, 1.82) is 0 Å². The molecule has 0 amide bonds. The van der Waals surface area contributed by atoms with Gasteiger partial charge in [0.1, 0.15) is 10.8 Å². The smallest absolute Gasteiger partial charge is 0.278 e. The largest absolute Gasteiger partial charge is 0.506 e. The number of aliphatic hydroxyl groups excluding tert-OH is 1. The van der Waals surface area contributed by atoms with Crippen LogP contribution in [-0.4, -0.2) is 45.7 Å². The van der Waals surface area contributed by atoms with Crippen molar-refractivity contribution < 1.29 is 20.2 Å². The second kappa shape index (κ2) is 8.48. The van der Waals surface area contributed by atoms with E-state index in [-0.39, 0.29) is 41.3 Å². The van der Waals surface area contributed by atoms with Gasteiger partial charge in [-0.15, -0.1) is 0 Å². The molecule has 1 unspecified atom stereocenters. The lowest BCUT2D eigenvalue weighted by atomic mass is 10.00. The number of hydrogen-bond donors (Lipinski definition) is 4. The molecule has 1 rings (SSSR count). The molecule has 0 aliphatic rings. The highest BCUT2D eigenvalue weighted by Crippen LogP contribution is 2.45. The van der Waals surface area contributed by atoms with Crippen LogP contribution in [0.25, 0.3) is 0 Å². The summed E-state index contributed by atoms with van der Waals surface area (Å²) in [5.41, 5.74) is 3.98. The molecule has 0 saturated heterocycles. The first-order chi connectivity index (χ1) is 11.3. The van der Waals surface area contributed by atoms with Crippen molar-refractivity contribution in [1.82, 2.24) is 0 Å². The topological polar surface area (TPSA) is 133 Å². The molecule has 0 saturated carbocycles. The maximum absolute atomic E-state index is 11.4. The number of anilines is 1. The minimum Gasteiger partial charge on any atom is -0.506 e.